The topological polar surface area (TPSA) is 68.8 Å². The van der Waals surface area contributed by atoms with Gasteiger partial charge in [0.25, 0.3) is 0 Å². The summed E-state index contributed by atoms with van der Waals surface area (Å²) in [5.41, 5.74) is 0.641. The van der Waals surface area contributed by atoms with Crippen molar-refractivity contribution in [3.8, 4) is 17.2 Å². The van der Waals surface area contributed by atoms with Gasteiger partial charge in [-0.3, -0.25) is 4.79 Å². The molecule has 25 heavy (non-hydrogen) atoms. The second-order valence-corrected chi connectivity index (χ2v) is 5.38. The fraction of sp³-hybridized carbons (Fsp3) is 0.235. The van der Waals surface area contributed by atoms with E-state index in [2.05, 4.69) is 10.6 Å². The quantitative estimate of drug-likeness (QED) is 0.782. The fourth-order valence-corrected chi connectivity index (χ4v) is 2.33. The SMILES string of the molecule is COc1cc(NC(=O)CNc2ccc(Cl)cc2F)cc(OC)c1OC. The van der Waals surface area contributed by atoms with Crippen molar-refractivity contribution in [2.45, 2.75) is 0 Å². The van der Waals surface area contributed by atoms with Crippen molar-refractivity contribution < 1.29 is 23.4 Å². The predicted octanol–water partition coefficient (Wildman–Crippen LogP) is 3.56. The molecule has 0 saturated heterocycles. The number of carbonyl (C=O) groups excluding carboxylic acids is 1. The summed E-state index contributed by atoms with van der Waals surface area (Å²) in [6.45, 7) is -0.130. The molecule has 0 aliphatic heterocycles. The molecule has 0 saturated carbocycles. The summed E-state index contributed by atoms with van der Waals surface area (Å²) in [4.78, 5) is 12.1. The third-order valence-corrected chi connectivity index (χ3v) is 3.55. The molecule has 0 aliphatic rings. The molecular weight excluding hydrogens is 351 g/mol. The highest BCUT2D eigenvalue weighted by molar-refractivity contribution is 6.30. The maximum Gasteiger partial charge on any atom is 0.243 e. The summed E-state index contributed by atoms with van der Waals surface area (Å²) < 4.78 is 29.3. The molecule has 0 bridgehead atoms. The van der Waals surface area contributed by atoms with Gasteiger partial charge in [0, 0.05) is 22.8 Å². The normalized spacial score (nSPS) is 10.1. The van der Waals surface area contributed by atoms with Crippen LogP contribution in [0.1, 0.15) is 0 Å². The van der Waals surface area contributed by atoms with E-state index >= 15 is 0 Å². The Labute approximate surface area is 149 Å². The van der Waals surface area contributed by atoms with Crippen molar-refractivity contribution in [3.05, 3.63) is 41.2 Å². The lowest BCUT2D eigenvalue weighted by atomic mass is 10.2. The zero-order chi connectivity index (χ0) is 18.4. The standard InChI is InChI=1S/C17H18ClFN2O4/c1-23-14-7-11(8-15(24-2)17(14)25-3)21-16(22)9-20-13-5-4-10(18)6-12(13)19/h4-8,20H,9H2,1-3H3,(H,21,22). The van der Waals surface area contributed by atoms with Crippen LogP contribution in [-0.2, 0) is 4.79 Å². The molecule has 134 valence electrons. The number of carbonyl (C=O) groups is 1. The molecule has 0 spiro atoms. The lowest BCUT2D eigenvalue weighted by Gasteiger charge is -2.15. The molecular formula is C17H18ClFN2O4. The minimum Gasteiger partial charge on any atom is -0.493 e. The molecule has 6 nitrogen and oxygen atoms in total. The minimum absolute atomic E-state index is 0.130. The number of anilines is 2. The average molecular weight is 369 g/mol. The largest absolute Gasteiger partial charge is 0.493 e. The highest BCUT2D eigenvalue weighted by Crippen LogP contribution is 2.39. The van der Waals surface area contributed by atoms with Gasteiger partial charge in [-0.25, -0.2) is 4.39 Å². The molecule has 8 heteroatoms. The number of nitrogens with one attached hydrogen (secondary N) is 2. The van der Waals surface area contributed by atoms with E-state index in [9.17, 15) is 9.18 Å². The molecule has 0 unspecified atom stereocenters. The zero-order valence-corrected chi connectivity index (χ0v) is 14.7. The molecule has 0 fully saturated rings. The first-order chi connectivity index (χ1) is 12.0. The third kappa shape index (κ3) is 4.67. The maximum atomic E-state index is 13.7. The van der Waals surface area contributed by atoms with Gasteiger partial charge in [0.15, 0.2) is 11.5 Å². The first-order valence-electron chi connectivity index (χ1n) is 7.27. The first-order valence-corrected chi connectivity index (χ1v) is 7.65. The summed E-state index contributed by atoms with van der Waals surface area (Å²) in [7, 11) is 4.45. The molecule has 0 aliphatic carbocycles. The van der Waals surface area contributed by atoms with Crippen LogP contribution >= 0.6 is 11.6 Å². The van der Waals surface area contributed by atoms with Crippen LogP contribution in [0.5, 0.6) is 17.2 Å². The van der Waals surface area contributed by atoms with E-state index in [1.54, 1.807) is 12.1 Å². The van der Waals surface area contributed by atoms with Crippen LogP contribution < -0.4 is 24.8 Å². The number of ether oxygens (including phenoxy) is 3. The van der Waals surface area contributed by atoms with Gasteiger partial charge in [0.1, 0.15) is 5.82 Å². The van der Waals surface area contributed by atoms with Gasteiger partial charge in [-0.15, -0.1) is 0 Å². The molecule has 0 aromatic heterocycles. The van der Waals surface area contributed by atoms with E-state index in [1.165, 1.54) is 39.5 Å². The average Bonchev–Trinajstić information content (AvgIpc) is 2.60. The second-order valence-electron chi connectivity index (χ2n) is 4.94. The van der Waals surface area contributed by atoms with E-state index in [0.717, 1.165) is 0 Å². The van der Waals surface area contributed by atoms with Crippen molar-refractivity contribution in [3.63, 3.8) is 0 Å². The van der Waals surface area contributed by atoms with Crippen molar-refractivity contribution in [2.75, 3.05) is 38.5 Å². The highest BCUT2D eigenvalue weighted by atomic mass is 35.5. The van der Waals surface area contributed by atoms with Gasteiger partial charge in [-0.05, 0) is 18.2 Å². The number of hydrogen-bond acceptors (Lipinski definition) is 5. The van der Waals surface area contributed by atoms with Gasteiger partial charge in [-0.2, -0.15) is 0 Å². The Morgan fingerprint density at radius 3 is 2.24 bits per heavy atom. The third-order valence-electron chi connectivity index (χ3n) is 3.32. The van der Waals surface area contributed by atoms with Crippen LogP contribution in [0, 0.1) is 5.82 Å². The van der Waals surface area contributed by atoms with Crippen molar-refractivity contribution in [1.82, 2.24) is 0 Å². The Morgan fingerprint density at radius 2 is 1.72 bits per heavy atom. The van der Waals surface area contributed by atoms with Crippen LogP contribution in [0.2, 0.25) is 5.02 Å². The smallest absolute Gasteiger partial charge is 0.243 e. The van der Waals surface area contributed by atoms with Crippen LogP contribution in [0.4, 0.5) is 15.8 Å². The van der Waals surface area contributed by atoms with Crippen molar-refractivity contribution in [1.29, 1.82) is 0 Å². The van der Waals surface area contributed by atoms with Gasteiger partial charge in [-0.1, -0.05) is 11.6 Å². The summed E-state index contributed by atoms with van der Waals surface area (Å²) in [6.07, 6.45) is 0. The van der Waals surface area contributed by atoms with Crippen LogP contribution in [0.3, 0.4) is 0 Å². The van der Waals surface area contributed by atoms with Crippen molar-refractivity contribution >= 4 is 28.9 Å². The molecule has 2 rings (SSSR count). The van der Waals surface area contributed by atoms with Crippen LogP contribution in [0.15, 0.2) is 30.3 Å². The van der Waals surface area contributed by atoms with Crippen LogP contribution in [-0.4, -0.2) is 33.8 Å². The number of rotatable bonds is 7. The monoisotopic (exact) mass is 368 g/mol. The first kappa shape index (κ1) is 18.7. The Morgan fingerprint density at radius 1 is 1.08 bits per heavy atom. The van der Waals surface area contributed by atoms with E-state index in [4.69, 9.17) is 25.8 Å². The van der Waals surface area contributed by atoms with E-state index in [0.29, 0.717) is 22.9 Å². The molecule has 2 N–H and O–H groups in total. The molecule has 2 aromatic rings. The Kier molecular flexibility index (Phi) is 6.30. The van der Waals surface area contributed by atoms with Gasteiger partial charge < -0.3 is 24.8 Å². The molecule has 2 aromatic carbocycles. The zero-order valence-electron chi connectivity index (χ0n) is 14.0. The number of halogens is 2. The number of benzene rings is 2. The number of hydrogen-bond donors (Lipinski definition) is 2. The van der Waals surface area contributed by atoms with Crippen LogP contribution in [0.25, 0.3) is 0 Å². The minimum atomic E-state index is -0.534. The van der Waals surface area contributed by atoms with E-state index in [-0.39, 0.29) is 23.2 Å². The molecule has 0 radical (unpaired) electrons. The summed E-state index contributed by atoms with van der Waals surface area (Å²) >= 11 is 5.69. The van der Waals surface area contributed by atoms with E-state index < -0.39 is 5.82 Å². The maximum absolute atomic E-state index is 13.7. The van der Waals surface area contributed by atoms with Gasteiger partial charge in [0.05, 0.1) is 33.6 Å². The Bertz CT molecular complexity index is 745. The Balaban J connectivity index is 2.07. The molecule has 1 amide bonds. The molecule has 0 heterocycles. The van der Waals surface area contributed by atoms with Gasteiger partial charge >= 0.3 is 0 Å². The summed E-state index contributed by atoms with van der Waals surface area (Å²) in [6, 6.07) is 7.36. The van der Waals surface area contributed by atoms with Gasteiger partial charge in [0.2, 0.25) is 11.7 Å². The second kappa shape index (κ2) is 8.43. The summed E-state index contributed by atoms with van der Waals surface area (Å²) in [5, 5.41) is 5.67. The number of amides is 1. The number of methoxy groups -OCH3 is 3. The highest BCUT2D eigenvalue weighted by Gasteiger charge is 2.14. The fourth-order valence-electron chi connectivity index (χ4n) is 2.17. The lowest BCUT2D eigenvalue weighted by Crippen LogP contribution is -2.22. The Hall–Kier alpha value is -2.67. The summed E-state index contributed by atoms with van der Waals surface area (Å²) in [5.74, 6) is 0.337. The van der Waals surface area contributed by atoms with E-state index in [1.807, 2.05) is 0 Å². The lowest BCUT2D eigenvalue weighted by molar-refractivity contribution is -0.114. The van der Waals surface area contributed by atoms with Crippen molar-refractivity contribution in [2.24, 2.45) is 0 Å². The predicted molar refractivity (Wildman–Crippen MR) is 94.6 cm³/mol. The molecule has 0 atom stereocenters.